The molecule has 4 nitrogen and oxygen atoms in total. The minimum atomic E-state index is -1.32. The molecule has 0 amide bonds. The Hall–Kier alpha value is -0.740. The highest BCUT2D eigenvalue weighted by Gasteiger charge is 2.34. The molecule has 0 saturated carbocycles. The number of aldehydes is 2. The molecule has 0 radical (unpaired) electrons. The van der Waals surface area contributed by atoms with Crippen LogP contribution in [0.4, 0.5) is 0 Å². The first-order valence-corrected chi connectivity index (χ1v) is 3.06. The maximum absolute atomic E-state index is 10.3. The molecule has 1 aliphatic heterocycles. The number of carbonyl (C=O) groups excluding carboxylic acids is 2. The fourth-order valence-corrected chi connectivity index (χ4v) is 0.785. The van der Waals surface area contributed by atoms with Crippen LogP contribution in [0.2, 0.25) is 0 Å². The van der Waals surface area contributed by atoms with Crippen LogP contribution in [0.3, 0.4) is 0 Å². The second-order valence-electron chi connectivity index (χ2n) is 2.20. The zero-order valence-corrected chi connectivity index (χ0v) is 5.41. The van der Waals surface area contributed by atoms with E-state index in [1.54, 1.807) is 0 Å². The van der Waals surface area contributed by atoms with Gasteiger partial charge in [0.05, 0.1) is 6.61 Å². The monoisotopic (exact) mass is 144 g/mol. The van der Waals surface area contributed by atoms with Gasteiger partial charge in [-0.2, -0.15) is 0 Å². The van der Waals surface area contributed by atoms with E-state index < -0.39 is 5.60 Å². The third-order valence-corrected chi connectivity index (χ3v) is 1.41. The summed E-state index contributed by atoms with van der Waals surface area (Å²) in [4.78, 5) is 29.6. The van der Waals surface area contributed by atoms with Gasteiger partial charge in [0.1, 0.15) is 0 Å². The Morgan fingerprint density at radius 2 is 2.00 bits per heavy atom. The predicted octanol–water partition coefficient (Wildman–Crippen LogP) is -0.135. The summed E-state index contributed by atoms with van der Waals surface area (Å²) < 4.78 is 0. The highest BCUT2D eigenvalue weighted by atomic mass is 17.2. The summed E-state index contributed by atoms with van der Waals surface area (Å²) in [6.45, 7) is 0.448. The van der Waals surface area contributed by atoms with Crippen molar-refractivity contribution in [3.63, 3.8) is 0 Å². The second kappa shape index (κ2) is 2.90. The van der Waals surface area contributed by atoms with Crippen molar-refractivity contribution in [2.75, 3.05) is 6.61 Å². The maximum atomic E-state index is 10.3. The van der Waals surface area contributed by atoms with Gasteiger partial charge in [0.2, 0.25) is 5.60 Å². The number of rotatable bonds is 2. The summed E-state index contributed by atoms with van der Waals surface area (Å²) in [6, 6.07) is 0. The summed E-state index contributed by atoms with van der Waals surface area (Å²) in [5, 5.41) is 0. The van der Waals surface area contributed by atoms with E-state index in [9.17, 15) is 9.59 Å². The lowest BCUT2D eigenvalue weighted by molar-refractivity contribution is -0.354. The fourth-order valence-electron chi connectivity index (χ4n) is 0.785. The molecule has 56 valence electrons. The van der Waals surface area contributed by atoms with E-state index in [1.807, 2.05) is 0 Å². The van der Waals surface area contributed by atoms with Crippen LogP contribution >= 0.6 is 0 Å². The van der Waals surface area contributed by atoms with E-state index in [-0.39, 0.29) is 0 Å². The van der Waals surface area contributed by atoms with Gasteiger partial charge in [-0.1, -0.05) is 0 Å². The summed E-state index contributed by atoms with van der Waals surface area (Å²) >= 11 is 0. The predicted molar refractivity (Wildman–Crippen MR) is 31.1 cm³/mol. The Morgan fingerprint density at radius 1 is 1.30 bits per heavy atom. The molecular formula is C6H8O4. The molecule has 1 heterocycles. The Balaban J connectivity index is 2.60. The van der Waals surface area contributed by atoms with Gasteiger partial charge in [0.25, 0.3) is 0 Å². The van der Waals surface area contributed by atoms with E-state index in [4.69, 9.17) is 0 Å². The van der Waals surface area contributed by atoms with Gasteiger partial charge in [-0.15, -0.1) is 0 Å². The zero-order valence-electron chi connectivity index (χ0n) is 5.41. The molecule has 0 spiro atoms. The molecule has 10 heavy (non-hydrogen) atoms. The summed E-state index contributed by atoms with van der Waals surface area (Å²) in [7, 11) is 0. The normalized spacial score (nSPS) is 23.6. The third-order valence-electron chi connectivity index (χ3n) is 1.41. The smallest absolute Gasteiger partial charge is 0.213 e. The Kier molecular flexibility index (Phi) is 2.13. The van der Waals surface area contributed by atoms with Gasteiger partial charge in [-0.3, -0.25) is 9.59 Å². The average molecular weight is 144 g/mol. The lowest BCUT2D eigenvalue weighted by Gasteiger charge is -2.24. The van der Waals surface area contributed by atoms with Crippen LogP contribution in [0.5, 0.6) is 0 Å². The van der Waals surface area contributed by atoms with Crippen molar-refractivity contribution in [2.45, 2.75) is 18.4 Å². The van der Waals surface area contributed by atoms with Crippen LogP contribution in [-0.4, -0.2) is 24.8 Å². The van der Waals surface area contributed by atoms with Gasteiger partial charge >= 0.3 is 0 Å². The first-order valence-electron chi connectivity index (χ1n) is 3.06. The van der Waals surface area contributed by atoms with Gasteiger partial charge in [-0.25, -0.2) is 9.78 Å². The number of carbonyl (C=O) groups is 2. The topological polar surface area (TPSA) is 52.6 Å². The molecule has 0 atom stereocenters. The zero-order chi connectivity index (χ0) is 7.45. The third kappa shape index (κ3) is 1.22. The van der Waals surface area contributed by atoms with Crippen molar-refractivity contribution in [1.29, 1.82) is 0 Å². The van der Waals surface area contributed by atoms with Crippen LogP contribution in [0.25, 0.3) is 0 Å². The summed E-state index contributed by atoms with van der Waals surface area (Å²) in [5.74, 6) is 0. The van der Waals surface area contributed by atoms with E-state index in [0.29, 0.717) is 32.0 Å². The molecule has 0 aromatic rings. The number of hydrogen-bond acceptors (Lipinski definition) is 4. The maximum Gasteiger partial charge on any atom is 0.213 e. The molecule has 1 saturated heterocycles. The highest BCUT2D eigenvalue weighted by Crippen LogP contribution is 2.18. The van der Waals surface area contributed by atoms with E-state index in [0.717, 1.165) is 0 Å². The first kappa shape index (κ1) is 7.37. The molecule has 0 N–H and O–H groups in total. The standard InChI is InChI=1S/C6H8O4/c7-4-6(5-8)2-1-3-9-10-6/h4-5H,1-3H2. The van der Waals surface area contributed by atoms with Crippen molar-refractivity contribution in [1.82, 2.24) is 0 Å². The minimum absolute atomic E-state index is 0.417. The largest absolute Gasteiger partial charge is 0.299 e. The minimum Gasteiger partial charge on any atom is -0.299 e. The van der Waals surface area contributed by atoms with Gasteiger partial charge in [-0.05, 0) is 12.8 Å². The molecular weight excluding hydrogens is 136 g/mol. The van der Waals surface area contributed by atoms with Gasteiger partial charge < -0.3 is 0 Å². The molecule has 0 bridgehead atoms. The molecule has 0 aliphatic carbocycles. The molecule has 0 aromatic carbocycles. The Morgan fingerprint density at radius 3 is 2.30 bits per heavy atom. The molecule has 0 unspecified atom stereocenters. The SMILES string of the molecule is O=CC1(C=O)CCCOO1. The lowest BCUT2D eigenvalue weighted by atomic mass is 10.0. The van der Waals surface area contributed by atoms with Crippen LogP contribution in [0.15, 0.2) is 0 Å². The highest BCUT2D eigenvalue weighted by molar-refractivity contribution is 5.87. The van der Waals surface area contributed by atoms with E-state index >= 15 is 0 Å². The molecule has 1 fully saturated rings. The van der Waals surface area contributed by atoms with Crippen molar-refractivity contribution in [3.8, 4) is 0 Å². The van der Waals surface area contributed by atoms with Crippen LogP contribution in [0.1, 0.15) is 12.8 Å². The van der Waals surface area contributed by atoms with Crippen LogP contribution in [-0.2, 0) is 19.4 Å². The second-order valence-corrected chi connectivity index (χ2v) is 2.20. The Bertz CT molecular complexity index is 127. The van der Waals surface area contributed by atoms with Crippen molar-refractivity contribution in [2.24, 2.45) is 0 Å². The average Bonchev–Trinajstić information content (AvgIpc) is 2.06. The Labute approximate surface area is 58.0 Å². The fraction of sp³-hybridized carbons (Fsp3) is 0.667. The van der Waals surface area contributed by atoms with Crippen molar-refractivity contribution in [3.05, 3.63) is 0 Å². The van der Waals surface area contributed by atoms with Crippen molar-refractivity contribution >= 4 is 12.6 Å². The lowest BCUT2D eigenvalue weighted by Crippen LogP contribution is -2.39. The summed E-state index contributed by atoms with van der Waals surface area (Å²) in [5.41, 5.74) is -1.32. The van der Waals surface area contributed by atoms with Gasteiger partial charge in [0, 0.05) is 0 Å². The van der Waals surface area contributed by atoms with Gasteiger partial charge in [0.15, 0.2) is 12.6 Å². The molecule has 1 rings (SSSR count). The van der Waals surface area contributed by atoms with E-state index in [2.05, 4.69) is 9.78 Å². The molecule has 0 aromatic heterocycles. The summed E-state index contributed by atoms with van der Waals surface area (Å²) in [6.07, 6.45) is 2.04. The van der Waals surface area contributed by atoms with Crippen molar-refractivity contribution < 1.29 is 19.4 Å². The number of hydrogen-bond donors (Lipinski definition) is 0. The van der Waals surface area contributed by atoms with E-state index in [1.165, 1.54) is 0 Å². The molecule has 4 heteroatoms. The first-order chi connectivity index (χ1) is 4.83. The quantitative estimate of drug-likeness (QED) is 0.307. The van der Waals surface area contributed by atoms with Crippen LogP contribution in [0, 0.1) is 0 Å². The molecule has 1 aliphatic rings. The van der Waals surface area contributed by atoms with Crippen LogP contribution < -0.4 is 0 Å².